The molecule has 2 aromatic rings. The van der Waals surface area contributed by atoms with Gasteiger partial charge in [0.1, 0.15) is 5.82 Å². The summed E-state index contributed by atoms with van der Waals surface area (Å²) in [5.74, 6) is -0.466. The summed E-state index contributed by atoms with van der Waals surface area (Å²) in [6.45, 7) is 2.42. The highest BCUT2D eigenvalue weighted by molar-refractivity contribution is 8.04. The van der Waals surface area contributed by atoms with Crippen LogP contribution in [0.2, 0.25) is 0 Å². The van der Waals surface area contributed by atoms with Crippen LogP contribution in [0.15, 0.2) is 53.4 Å². The van der Waals surface area contributed by atoms with Gasteiger partial charge in [0.05, 0.1) is 4.91 Å². The zero-order chi connectivity index (χ0) is 21.1. The maximum Gasteiger partial charge on any atom is 0.257 e. The molecule has 1 saturated heterocycles. The number of nitrogens with one attached hydrogen (secondary N) is 2. The average molecular weight is 425 g/mol. The number of carbonyl (C=O) groups excluding carboxylic acids is 2. The number of benzene rings is 2. The fraction of sp³-hybridized carbons (Fsp3) is 0.333. The van der Waals surface area contributed by atoms with Crippen molar-refractivity contribution in [1.29, 1.82) is 0 Å². The standard InChI is InChI=1S/C24H25FN2O2S/c1-15-2-4-16(5-3-15)12-22-24(29)27-20-13-18(8-11-21(20)30-22)23(28)26-14-17-6-9-19(25)10-7-17/h2-7,9-10,12,18,20-21H,8,11,13-14H2,1H3,(H,26,28)(H,27,29)/b22-12+. The SMILES string of the molecule is Cc1ccc(/C=C2/SC3CCC(C(=O)NCc4ccc(F)cc4)CC3NC2=O)cc1. The van der Waals surface area contributed by atoms with Crippen LogP contribution < -0.4 is 10.6 Å². The van der Waals surface area contributed by atoms with E-state index in [2.05, 4.69) is 10.6 Å². The molecule has 3 unspecified atom stereocenters. The van der Waals surface area contributed by atoms with E-state index in [1.54, 1.807) is 23.9 Å². The van der Waals surface area contributed by atoms with Gasteiger partial charge in [-0.25, -0.2) is 4.39 Å². The third-order valence-corrected chi connectivity index (χ3v) is 7.16. The van der Waals surface area contributed by atoms with E-state index in [0.29, 0.717) is 18.2 Å². The van der Waals surface area contributed by atoms with Crippen LogP contribution in [0.4, 0.5) is 4.39 Å². The Morgan fingerprint density at radius 1 is 1.17 bits per heavy atom. The lowest BCUT2D eigenvalue weighted by molar-refractivity contribution is -0.127. The van der Waals surface area contributed by atoms with E-state index in [4.69, 9.17) is 0 Å². The molecule has 4 nitrogen and oxygen atoms in total. The van der Waals surface area contributed by atoms with Crippen molar-refractivity contribution in [2.45, 2.75) is 44.0 Å². The lowest BCUT2D eigenvalue weighted by Crippen LogP contribution is -2.51. The van der Waals surface area contributed by atoms with Crippen molar-refractivity contribution in [1.82, 2.24) is 10.6 Å². The highest BCUT2D eigenvalue weighted by Gasteiger charge is 2.39. The minimum absolute atomic E-state index is 0.00183. The molecule has 2 N–H and O–H groups in total. The smallest absolute Gasteiger partial charge is 0.257 e. The summed E-state index contributed by atoms with van der Waals surface area (Å²) in [5.41, 5.74) is 3.07. The Bertz CT molecular complexity index is 956. The van der Waals surface area contributed by atoms with Gasteiger partial charge in [0.25, 0.3) is 5.91 Å². The first-order valence-electron chi connectivity index (χ1n) is 10.3. The first kappa shape index (κ1) is 20.7. The van der Waals surface area contributed by atoms with Gasteiger partial charge in [0, 0.05) is 23.8 Å². The van der Waals surface area contributed by atoms with Crippen molar-refractivity contribution < 1.29 is 14.0 Å². The van der Waals surface area contributed by atoms with Crippen LogP contribution >= 0.6 is 11.8 Å². The predicted octanol–water partition coefficient (Wildman–Crippen LogP) is 4.19. The second kappa shape index (κ2) is 9.04. The third kappa shape index (κ3) is 4.93. The Morgan fingerprint density at radius 3 is 2.63 bits per heavy atom. The second-order valence-electron chi connectivity index (χ2n) is 8.01. The molecule has 3 atom stereocenters. The van der Waals surface area contributed by atoms with Gasteiger partial charge < -0.3 is 10.6 Å². The number of amides is 2. The number of carbonyl (C=O) groups is 2. The molecule has 6 heteroatoms. The number of thioether (sulfide) groups is 1. The molecule has 1 aliphatic heterocycles. The molecular weight excluding hydrogens is 399 g/mol. The molecule has 0 bridgehead atoms. The maximum atomic E-state index is 13.0. The molecule has 0 spiro atoms. The Labute approximate surface area is 180 Å². The summed E-state index contributed by atoms with van der Waals surface area (Å²) < 4.78 is 13.0. The van der Waals surface area contributed by atoms with E-state index in [1.165, 1.54) is 17.7 Å². The van der Waals surface area contributed by atoms with Gasteiger partial charge in [0.15, 0.2) is 0 Å². The van der Waals surface area contributed by atoms with Crippen LogP contribution in [-0.2, 0) is 16.1 Å². The zero-order valence-electron chi connectivity index (χ0n) is 16.9. The number of aryl methyl sites for hydroxylation is 1. The molecule has 1 aliphatic carbocycles. The van der Waals surface area contributed by atoms with E-state index in [0.717, 1.165) is 28.9 Å². The van der Waals surface area contributed by atoms with Crippen molar-refractivity contribution in [2.75, 3.05) is 0 Å². The largest absolute Gasteiger partial charge is 0.352 e. The molecule has 4 rings (SSSR count). The topological polar surface area (TPSA) is 58.2 Å². The lowest BCUT2D eigenvalue weighted by Gasteiger charge is -2.39. The van der Waals surface area contributed by atoms with Crippen molar-refractivity contribution in [3.05, 3.63) is 75.9 Å². The Balaban J connectivity index is 1.34. The van der Waals surface area contributed by atoms with Gasteiger partial charge in [0.2, 0.25) is 5.91 Å². The summed E-state index contributed by atoms with van der Waals surface area (Å²) in [7, 11) is 0. The first-order chi connectivity index (χ1) is 14.5. The van der Waals surface area contributed by atoms with E-state index >= 15 is 0 Å². The molecule has 2 fully saturated rings. The number of fused-ring (bicyclic) bond motifs is 1. The maximum absolute atomic E-state index is 13.0. The van der Waals surface area contributed by atoms with E-state index in [-0.39, 0.29) is 29.6 Å². The number of rotatable bonds is 4. The van der Waals surface area contributed by atoms with Crippen LogP contribution in [0.5, 0.6) is 0 Å². The van der Waals surface area contributed by atoms with Gasteiger partial charge in [-0.1, -0.05) is 42.0 Å². The fourth-order valence-corrected chi connectivity index (χ4v) is 5.27. The minimum Gasteiger partial charge on any atom is -0.352 e. The molecule has 0 radical (unpaired) electrons. The van der Waals surface area contributed by atoms with Crippen molar-refractivity contribution >= 4 is 29.7 Å². The van der Waals surface area contributed by atoms with Crippen molar-refractivity contribution in [2.24, 2.45) is 5.92 Å². The van der Waals surface area contributed by atoms with Crippen molar-refractivity contribution in [3.8, 4) is 0 Å². The molecular formula is C24H25FN2O2S. The van der Waals surface area contributed by atoms with Crippen molar-refractivity contribution in [3.63, 3.8) is 0 Å². The average Bonchev–Trinajstić information content (AvgIpc) is 2.75. The molecule has 0 aromatic heterocycles. The van der Waals surface area contributed by atoms with Crippen LogP contribution in [0.3, 0.4) is 0 Å². The Kier molecular flexibility index (Phi) is 6.23. The molecule has 30 heavy (non-hydrogen) atoms. The Hall–Kier alpha value is -2.60. The highest BCUT2D eigenvalue weighted by atomic mass is 32.2. The highest BCUT2D eigenvalue weighted by Crippen LogP contribution is 2.40. The second-order valence-corrected chi connectivity index (χ2v) is 9.29. The zero-order valence-corrected chi connectivity index (χ0v) is 17.7. The third-order valence-electron chi connectivity index (χ3n) is 5.73. The number of halogens is 1. The van der Waals surface area contributed by atoms with Gasteiger partial charge >= 0.3 is 0 Å². The molecule has 1 saturated carbocycles. The quantitative estimate of drug-likeness (QED) is 0.724. The van der Waals surface area contributed by atoms with E-state index in [1.807, 2.05) is 37.3 Å². The van der Waals surface area contributed by atoms with Crippen LogP contribution in [0.1, 0.15) is 36.0 Å². The summed E-state index contributed by atoms with van der Waals surface area (Å²) in [5, 5.41) is 6.36. The monoisotopic (exact) mass is 424 g/mol. The van der Waals surface area contributed by atoms with Crippen LogP contribution in [-0.4, -0.2) is 23.1 Å². The molecule has 2 amide bonds. The van der Waals surface area contributed by atoms with Gasteiger partial charge in [-0.05, 0) is 55.5 Å². The minimum atomic E-state index is -0.287. The Morgan fingerprint density at radius 2 is 1.90 bits per heavy atom. The lowest BCUT2D eigenvalue weighted by atomic mass is 9.84. The van der Waals surface area contributed by atoms with E-state index in [9.17, 15) is 14.0 Å². The molecule has 1 heterocycles. The number of hydrogen-bond acceptors (Lipinski definition) is 3. The number of hydrogen-bond donors (Lipinski definition) is 2. The summed E-state index contributed by atoms with van der Waals surface area (Å²) in [6.07, 6.45) is 4.28. The van der Waals surface area contributed by atoms with Crippen LogP contribution in [0.25, 0.3) is 6.08 Å². The van der Waals surface area contributed by atoms with Crippen LogP contribution in [0, 0.1) is 18.7 Å². The summed E-state index contributed by atoms with van der Waals surface area (Å²) in [4.78, 5) is 26.0. The van der Waals surface area contributed by atoms with E-state index < -0.39 is 0 Å². The van der Waals surface area contributed by atoms with Gasteiger partial charge in [-0.3, -0.25) is 9.59 Å². The first-order valence-corrected chi connectivity index (χ1v) is 11.1. The molecule has 156 valence electrons. The summed E-state index contributed by atoms with van der Waals surface area (Å²) >= 11 is 1.63. The summed E-state index contributed by atoms with van der Waals surface area (Å²) in [6, 6.07) is 14.3. The fourth-order valence-electron chi connectivity index (χ4n) is 3.98. The molecule has 2 aromatic carbocycles. The van der Waals surface area contributed by atoms with Gasteiger partial charge in [-0.2, -0.15) is 0 Å². The molecule has 2 aliphatic rings. The predicted molar refractivity (Wildman–Crippen MR) is 118 cm³/mol. The van der Waals surface area contributed by atoms with Gasteiger partial charge in [-0.15, -0.1) is 11.8 Å². The normalized spacial score (nSPS) is 24.8.